The average Bonchev–Trinajstić information content (AvgIpc) is 3.18. The third kappa shape index (κ3) is 3.93. The minimum Gasteiger partial charge on any atom is -0.497 e. The summed E-state index contributed by atoms with van der Waals surface area (Å²) in [6, 6.07) is 18.8. The zero-order valence-corrected chi connectivity index (χ0v) is 18.5. The molecule has 3 aromatic rings. The van der Waals surface area contributed by atoms with Gasteiger partial charge >= 0.3 is 0 Å². The Morgan fingerprint density at radius 3 is 2.57 bits per heavy atom. The van der Waals surface area contributed by atoms with Crippen LogP contribution in [0.2, 0.25) is 0 Å². The first kappa shape index (κ1) is 20.4. The molecule has 0 aromatic heterocycles. The van der Waals surface area contributed by atoms with Gasteiger partial charge in [-0.3, -0.25) is 9.10 Å². The van der Waals surface area contributed by atoms with E-state index in [9.17, 15) is 13.2 Å². The molecule has 0 saturated carbocycles. The van der Waals surface area contributed by atoms with E-state index >= 15 is 0 Å². The van der Waals surface area contributed by atoms with Gasteiger partial charge in [0.15, 0.2) is 0 Å². The van der Waals surface area contributed by atoms with Gasteiger partial charge in [-0.15, -0.1) is 0 Å². The molecular weight excluding hydrogens is 468 g/mol. The van der Waals surface area contributed by atoms with Crippen molar-refractivity contribution in [2.45, 2.75) is 11.3 Å². The van der Waals surface area contributed by atoms with Crippen LogP contribution in [0.25, 0.3) is 0 Å². The molecule has 0 atom stereocenters. The Morgan fingerprint density at radius 1 is 1.07 bits per heavy atom. The summed E-state index contributed by atoms with van der Waals surface area (Å²) in [6.45, 7) is 0.342. The highest BCUT2D eigenvalue weighted by Crippen LogP contribution is 2.34. The number of carbonyl (C=O) groups excluding carboxylic acids is 1. The number of benzene rings is 3. The van der Waals surface area contributed by atoms with Crippen LogP contribution >= 0.6 is 15.9 Å². The molecule has 4 rings (SSSR count). The summed E-state index contributed by atoms with van der Waals surface area (Å²) in [5.41, 5.74) is 2.53. The molecule has 0 spiro atoms. The number of sulfonamides is 1. The summed E-state index contributed by atoms with van der Waals surface area (Å²) < 4.78 is 33.5. The van der Waals surface area contributed by atoms with E-state index in [0.717, 1.165) is 10.0 Å². The molecule has 0 aliphatic carbocycles. The second kappa shape index (κ2) is 8.12. The smallest absolute Gasteiger partial charge is 0.264 e. The Hall–Kier alpha value is -2.84. The molecule has 0 bridgehead atoms. The maximum Gasteiger partial charge on any atom is 0.264 e. The van der Waals surface area contributed by atoms with Crippen LogP contribution in [-0.4, -0.2) is 28.0 Å². The second-order valence-corrected chi connectivity index (χ2v) is 9.59. The van der Waals surface area contributed by atoms with E-state index in [-0.39, 0.29) is 10.8 Å². The summed E-state index contributed by atoms with van der Waals surface area (Å²) in [5.74, 6) is 0.385. The van der Waals surface area contributed by atoms with Crippen LogP contribution in [0.15, 0.2) is 76.1 Å². The van der Waals surface area contributed by atoms with Crippen LogP contribution in [-0.2, 0) is 16.4 Å². The number of nitrogens with one attached hydrogen (secondary N) is 1. The lowest BCUT2D eigenvalue weighted by Crippen LogP contribution is -2.29. The molecule has 3 aromatic carbocycles. The highest BCUT2D eigenvalue weighted by atomic mass is 79.9. The van der Waals surface area contributed by atoms with Crippen molar-refractivity contribution in [1.29, 1.82) is 0 Å². The number of hydrogen-bond acceptors (Lipinski definition) is 4. The Bertz CT molecular complexity index is 1210. The summed E-state index contributed by atoms with van der Waals surface area (Å²) >= 11 is 3.32. The van der Waals surface area contributed by atoms with Gasteiger partial charge in [0.1, 0.15) is 5.75 Å². The van der Waals surface area contributed by atoms with Crippen molar-refractivity contribution in [3.8, 4) is 5.75 Å². The lowest BCUT2D eigenvalue weighted by Gasteiger charge is -2.20. The van der Waals surface area contributed by atoms with Crippen LogP contribution in [0.3, 0.4) is 0 Å². The third-order valence-electron chi connectivity index (χ3n) is 4.92. The van der Waals surface area contributed by atoms with Crippen LogP contribution in [0, 0.1) is 0 Å². The van der Waals surface area contributed by atoms with E-state index in [1.165, 1.54) is 4.31 Å². The number of ether oxygens (including phenoxy) is 1. The molecule has 8 heteroatoms. The van der Waals surface area contributed by atoms with E-state index in [4.69, 9.17) is 4.74 Å². The number of hydrogen-bond donors (Lipinski definition) is 1. The van der Waals surface area contributed by atoms with E-state index in [2.05, 4.69) is 21.2 Å². The lowest BCUT2D eigenvalue weighted by atomic mass is 10.1. The number of anilines is 2. The molecule has 0 saturated heterocycles. The fourth-order valence-corrected chi connectivity index (χ4v) is 5.17. The monoisotopic (exact) mass is 486 g/mol. The lowest BCUT2D eigenvalue weighted by molar-refractivity contribution is 0.102. The standard InChI is InChI=1S/C22H19BrN2O4S/c1-29-19-4-2-3-18(14-19)24-22(26)16-5-10-21-15(13-16)11-12-25(21)30(27,28)20-8-6-17(23)7-9-20/h2-10,13-14H,11-12H2,1H3,(H,24,26). The Kier molecular flexibility index (Phi) is 5.53. The third-order valence-corrected chi connectivity index (χ3v) is 7.28. The fraction of sp³-hybridized carbons (Fsp3) is 0.136. The molecule has 1 aliphatic heterocycles. The predicted octanol–water partition coefficient (Wildman–Crippen LogP) is 4.46. The first-order chi connectivity index (χ1) is 14.4. The number of nitrogens with zero attached hydrogens (tertiary/aromatic N) is 1. The fourth-order valence-electron chi connectivity index (χ4n) is 3.40. The van der Waals surface area contributed by atoms with E-state index in [1.54, 1.807) is 73.8 Å². The molecule has 1 N–H and O–H groups in total. The number of amides is 1. The van der Waals surface area contributed by atoms with Crippen molar-refractivity contribution in [1.82, 2.24) is 0 Å². The molecule has 1 aliphatic rings. The zero-order valence-electron chi connectivity index (χ0n) is 16.1. The maximum atomic E-state index is 13.0. The van der Waals surface area contributed by atoms with Crippen LogP contribution in [0.4, 0.5) is 11.4 Å². The summed E-state index contributed by atoms with van der Waals surface area (Å²) in [6.07, 6.45) is 0.547. The van der Waals surface area contributed by atoms with Crippen LogP contribution in [0.5, 0.6) is 5.75 Å². The minimum absolute atomic E-state index is 0.235. The molecular formula is C22H19BrN2O4S. The molecule has 1 amide bonds. The number of halogens is 1. The number of rotatable bonds is 5. The number of methoxy groups -OCH3 is 1. The normalized spacial score (nSPS) is 13.1. The molecule has 6 nitrogen and oxygen atoms in total. The van der Waals surface area contributed by atoms with Crippen molar-refractivity contribution in [2.75, 3.05) is 23.3 Å². The van der Waals surface area contributed by atoms with Crippen molar-refractivity contribution >= 4 is 43.2 Å². The van der Waals surface area contributed by atoms with Crippen molar-refractivity contribution in [3.63, 3.8) is 0 Å². The SMILES string of the molecule is COc1cccc(NC(=O)c2ccc3c(c2)CCN3S(=O)(=O)c2ccc(Br)cc2)c1. The Labute approximate surface area is 183 Å². The largest absolute Gasteiger partial charge is 0.497 e. The summed E-state index contributed by atoms with van der Waals surface area (Å²) in [5, 5.41) is 2.84. The van der Waals surface area contributed by atoms with Gasteiger partial charge in [0.2, 0.25) is 0 Å². The second-order valence-electron chi connectivity index (χ2n) is 6.81. The zero-order chi connectivity index (χ0) is 21.3. The summed E-state index contributed by atoms with van der Waals surface area (Å²) in [7, 11) is -2.10. The molecule has 30 heavy (non-hydrogen) atoms. The maximum absolute atomic E-state index is 13.0. The van der Waals surface area contributed by atoms with Crippen LogP contribution in [0.1, 0.15) is 15.9 Å². The quantitative estimate of drug-likeness (QED) is 0.577. The molecule has 0 unspecified atom stereocenters. The van der Waals surface area contributed by atoms with Crippen LogP contribution < -0.4 is 14.4 Å². The molecule has 1 heterocycles. The minimum atomic E-state index is -3.66. The van der Waals surface area contributed by atoms with Crippen molar-refractivity contribution < 1.29 is 17.9 Å². The van der Waals surface area contributed by atoms with Crippen molar-refractivity contribution in [3.05, 3.63) is 82.3 Å². The van der Waals surface area contributed by atoms with Gasteiger partial charge in [0.25, 0.3) is 15.9 Å². The van der Waals surface area contributed by atoms with Gasteiger partial charge in [-0.25, -0.2) is 8.42 Å². The number of fused-ring (bicyclic) bond motifs is 1. The highest BCUT2D eigenvalue weighted by molar-refractivity contribution is 9.10. The highest BCUT2D eigenvalue weighted by Gasteiger charge is 2.31. The molecule has 0 radical (unpaired) electrons. The number of carbonyl (C=O) groups is 1. The van der Waals surface area contributed by atoms with Gasteiger partial charge in [0.05, 0.1) is 17.7 Å². The predicted molar refractivity (Wildman–Crippen MR) is 120 cm³/mol. The van der Waals surface area contributed by atoms with E-state index in [0.29, 0.717) is 35.7 Å². The first-order valence-electron chi connectivity index (χ1n) is 9.25. The van der Waals surface area contributed by atoms with Gasteiger partial charge in [-0.1, -0.05) is 22.0 Å². The van der Waals surface area contributed by atoms with E-state index < -0.39 is 10.0 Å². The van der Waals surface area contributed by atoms with Crippen molar-refractivity contribution in [2.24, 2.45) is 0 Å². The van der Waals surface area contributed by atoms with Gasteiger partial charge in [-0.2, -0.15) is 0 Å². The van der Waals surface area contributed by atoms with E-state index in [1.807, 2.05) is 0 Å². The van der Waals surface area contributed by atoms with Gasteiger partial charge in [0, 0.05) is 28.3 Å². The Morgan fingerprint density at radius 2 is 1.83 bits per heavy atom. The Balaban J connectivity index is 1.57. The summed E-state index contributed by atoms with van der Waals surface area (Å²) in [4.78, 5) is 12.9. The molecule has 154 valence electrons. The topological polar surface area (TPSA) is 75.7 Å². The first-order valence-corrected chi connectivity index (χ1v) is 11.5. The van der Waals surface area contributed by atoms with Gasteiger partial charge < -0.3 is 10.1 Å². The molecule has 0 fully saturated rings. The van der Waals surface area contributed by atoms with Gasteiger partial charge in [-0.05, 0) is 66.6 Å². The average molecular weight is 487 g/mol.